The zero-order valence-electron chi connectivity index (χ0n) is 30.2. The highest BCUT2D eigenvalue weighted by Crippen LogP contribution is 2.43. The van der Waals surface area contributed by atoms with Gasteiger partial charge in [-0.1, -0.05) is 24.3 Å². The number of carbonyl (C=O) groups excluding carboxylic acids is 2. The van der Waals surface area contributed by atoms with E-state index in [1.807, 2.05) is 62.1 Å². The Hall–Kier alpha value is -5.43. The minimum absolute atomic E-state index is 0.0244. The Balaban J connectivity index is 1.13. The SMILES string of the molecule is COc1ccc2c(c1)c(C(=O)N1CCC3(CC1)CNC(=O)c1cccc(c1)S(=O)(=O)Nc1nc(cc(-c4c(C)cccc4C)n1)OC3)c(C)n2C1CC1. The molecular formula is C40H42N6O6S. The molecule has 4 heterocycles. The highest BCUT2D eigenvalue weighted by molar-refractivity contribution is 7.92. The lowest BCUT2D eigenvalue weighted by Crippen LogP contribution is -2.50. The first kappa shape index (κ1) is 34.6. The molecule has 2 fully saturated rings. The van der Waals surface area contributed by atoms with Crippen molar-refractivity contribution in [3.05, 3.63) is 94.7 Å². The molecule has 1 saturated heterocycles. The third-order valence-electron chi connectivity index (χ3n) is 10.9. The van der Waals surface area contributed by atoms with Crippen molar-refractivity contribution in [2.45, 2.75) is 57.4 Å². The summed E-state index contributed by atoms with van der Waals surface area (Å²) in [6.07, 6.45) is 3.30. The van der Waals surface area contributed by atoms with Crippen molar-refractivity contribution in [3.8, 4) is 22.9 Å². The van der Waals surface area contributed by atoms with Crippen LogP contribution < -0.4 is 19.5 Å². The van der Waals surface area contributed by atoms with Gasteiger partial charge in [0.2, 0.25) is 11.8 Å². The van der Waals surface area contributed by atoms with Gasteiger partial charge in [-0.3, -0.25) is 9.59 Å². The average molecular weight is 735 g/mol. The van der Waals surface area contributed by atoms with E-state index in [9.17, 15) is 18.0 Å². The van der Waals surface area contributed by atoms with Crippen LogP contribution in [0.2, 0.25) is 0 Å². The van der Waals surface area contributed by atoms with Crippen LogP contribution in [0.1, 0.15) is 69.3 Å². The van der Waals surface area contributed by atoms with Crippen molar-refractivity contribution in [2.75, 3.05) is 38.1 Å². The van der Waals surface area contributed by atoms with Gasteiger partial charge in [0.25, 0.3) is 21.8 Å². The number of likely N-dealkylation sites (tertiary alicyclic amines) is 1. The zero-order valence-corrected chi connectivity index (χ0v) is 31.0. The molecule has 3 aliphatic rings. The van der Waals surface area contributed by atoms with Gasteiger partial charge < -0.3 is 24.3 Å². The third kappa shape index (κ3) is 6.47. The lowest BCUT2D eigenvalue weighted by atomic mass is 9.78. The number of amides is 2. The number of sulfonamides is 1. The largest absolute Gasteiger partial charge is 0.497 e. The van der Waals surface area contributed by atoms with Crippen LogP contribution in [-0.2, 0) is 10.0 Å². The molecular weight excluding hydrogens is 693 g/mol. The smallest absolute Gasteiger partial charge is 0.264 e. The summed E-state index contributed by atoms with van der Waals surface area (Å²) in [4.78, 5) is 38.8. The Morgan fingerprint density at radius 2 is 1.70 bits per heavy atom. The van der Waals surface area contributed by atoms with Crippen LogP contribution in [-0.4, -0.2) is 73.0 Å². The number of fused-ring (bicyclic) bond motifs is 5. The standard InChI is InChI=1S/C40H42N6O6S/c1-24-7-5-8-25(2)35(24)32-21-34-43-39(42-32)44-53(49,50)30-10-6-9-27(19-30)37(47)41-22-40(23-52-34)15-17-45(18-16-40)38(48)36-26(3)46(28-11-12-28)33-14-13-29(51-4)20-31(33)36/h5-10,13-14,19-21,28H,11-12,15-18,22-23H2,1-4H3,(H,41,47)(H,42,43,44). The fourth-order valence-electron chi connectivity index (χ4n) is 7.81. The maximum atomic E-state index is 14.4. The van der Waals surface area contributed by atoms with Crippen molar-refractivity contribution in [1.29, 1.82) is 0 Å². The molecule has 5 aromatic rings. The molecule has 2 N–H and O–H groups in total. The number of hydrogen-bond donors (Lipinski definition) is 2. The van der Waals surface area contributed by atoms with E-state index in [1.54, 1.807) is 19.2 Å². The Kier molecular flexibility index (Phi) is 8.63. The van der Waals surface area contributed by atoms with Crippen molar-refractivity contribution < 1.29 is 27.5 Å². The van der Waals surface area contributed by atoms with E-state index in [0.29, 0.717) is 49.0 Å². The van der Waals surface area contributed by atoms with Crippen LogP contribution in [0.25, 0.3) is 22.2 Å². The molecule has 3 aromatic carbocycles. The summed E-state index contributed by atoms with van der Waals surface area (Å²) in [7, 11) is -2.52. The second kappa shape index (κ2) is 13.2. The number of methoxy groups -OCH3 is 1. The monoisotopic (exact) mass is 734 g/mol. The number of nitrogens with one attached hydrogen (secondary N) is 2. The number of rotatable bonds is 4. The van der Waals surface area contributed by atoms with Gasteiger partial charge >= 0.3 is 0 Å². The first-order chi connectivity index (χ1) is 25.4. The molecule has 2 aromatic heterocycles. The Bertz CT molecular complexity index is 2370. The molecule has 0 atom stereocenters. The second-order valence-electron chi connectivity index (χ2n) is 14.5. The fraction of sp³-hybridized carbons (Fsp3) is 0.350. The molecule has 1 saturated carbocycles. The van der Waals surface area contributed by atoms with Gasteiger partial charge in [-0.2, -0.15) is 4.98 Å². The number of hydrogen-bond acceptors (Lipinski definition) is 8. The van der Waals surface area contributed by atoms with Gasteiger partial charge in [0, 0.05) is 64.9 Å². The van der Waals surface area contributed by atoms with Crippen LogP contribution in [0.15, 0.2) is 71.6 Å². The van der Waals surface area contributed by atoms with Gasteiger partial charge in [0.15, 0.2) is 0 Å². The number of nitrogens with zero attached hydrogens (tertiary/aromatic N) is 4. The lowest BCUT2D eigenvalue weighted by molar-refractivity contribution is 0.0396. The van der Waals surface area contributed by atoms with Crippen molar-refractivity contribution >= 4 is 38.7 Å². The van der Waals surface area contributed by atoms with Gasteiger partial charge in [0.1, 0.15) is 5.75 Å². The van der Waals surface area contributed by atoms with E-state index in [4.69, 9.17) is 9.47 Å². The Morgan fingerprint density at radius 3 is 2.42 bits per heavy atom. The summed E-state index contributed by atoms with van der Waals surface area (Å²) < 4.78 is 43.8. The maximum absolute atomic E-state index is 14.4. The van der Waals surface area contributed by atoms with Gasteiger partial charge in [-0.25, -0.2) is 18.1 Å². The quantitative estimate of drug-likeness (QED) is 0.222. The van der Waals surface area contributed by atoms with Crippen LogP contribution >= 0.6 is 0 Å². The summed E-state index contributed by atoms with van der Waals surface area (Å²) in [5.74, 6) is 0.337. The van der Waals surface area contributed by atoms with Crippen LogP contribution in [0.4, 0.5) is 5.95 Å². The Morgan fingerprint density at radius 1 is 0.962 bits per heavy atom. The normalized spacial score (nSPS) is 18.1. The fourth-order valence-corrected chi connectivity index (χ4v) is 8.80. The van der Waals surface area contributed by atoms with E-state index in [1.165, 1.54) is 18.2 Å². The molecule has 2 aliphatic heterocycles. The summed E-state index contributed by atoms with van der Waals surface area (Å²) in [6, 6.07) is 19.9. The molecule has 53 heavy (non-hydrogen) atoms. The molecule has 0 unspecified atom stereocenters. The highest BCUT2D eigenvalue weighted by Gasteiger charge is 2.39. The molecule has 1 spiro atoms. The molecule has 12 nitrogen and oxygen atoms in total. The predicted octanol–water partition coefficient (Wildman–Crippen LogP) is 6.21. The number of aromatic nitrogens is 3. The van der Waals surface area contributed by atoms with Gasteiger partial charge in [-0.05, 0) is 94.0 Å². The van der Waals surface area contributed by atoms with Crippen molar-refractivity contribution in [1.82, 2.24) is 24.8 Å². The predicted molar refractivity (Wildman–Crippen MR) is 201 cm³/mol. The molecule has 274 valence electrons. The third-order valence-corrected chi connectivity index (χ3v) is 12.2. The maximum Gasteiger partial charge on any atom is 0.264 e. The highest BCUT2D eigenvalue weighted by atomic mass is 32.2. The molecule has 2 amide bonds. The number of piperidine rings is 1. The molecule has 8 rings (SSSR count). The first-order valence-electron chi connectivity index (χ1n) is 17.9. The lowest BCUT2D eigenvalue weighted by Gasteiger charge is -2.41. The number of ether oxygens (including phenoxy) is 2. The molecule has 4 bridgehead atoms. The van der Waals surface area contributed by atoms with E-state index in [0.717, 1.165) is 46.1 Å². The summed E-state index contributed by atoms with van der Waals surface area (Å²) in [5, 5.41) is 3.94. The topological polar surface area (TPSA) is 145 Å². The zero-order chi connectivity index (χ0) is 37.1. The van der Waals surface area contributed by atoms with E-state index >= 15 is 0 Å². The second-order valence-corrected chi connectivity index (χ2v) is 16.2. The number of aryl methyl sites for hydroxylation is 2. The summed E-state index contributed by atoms with van der Waals surface area (Å²) in [6.45, 7) is 7.30. The minimum atomic E-state index is -4.15. The van der Waals surface area contributed by atoms with E-state index in [2.05, 4.69) is 24.6 Å². The van der Waals surface area contributed by atoms with Crippen molar-refractivity contribution in [3.63, 3.8) is 0 Å². The Labute approximate surface area is 308 Å². The summed E-state index contributed by atoms with van der Waals surface area (Å²) in [5.41, 5.74) is 5.67. The summed E-state index contributed by atoms with van der Waals surface area (Å²) >= 11 is 0. The molecule has 0 radical (unpaired) electrons. The number of carbonyl (C=O) groups is 2. The van der Waals surface area contributed by atoms with Crippen LogP contribution in [0, 0.1) is 26.2 Å². The van der Waals surface area contributed by atoms with Crippen molar-refractivity contribution in [2.24, 2.45) is 5.41 Å². The number of anilines is 1. The molecule has 13 heteroatoms. The van der Waals surface area contributed by atoms with E-state index in [-0.39, 0.29) is 41.3 Å². The van der Waals surface area contributed by atoms with Gasteiger partial charge in [0.05, 0.1) is 29.9 Å². The first-order valence-corrected chi connectivity index (χ1v) is 19.4. The van der Waals surface area contributed by atoms with E-state index < -0.39 is 21.3 Å². The molecule has 1 aliphatic carbocycles. The average Bonchev–Trinajstić information content (AvgIpc) is 3.94. The van der Waals surface area contributed by atoms with Crippen LogP contribution in [0.3, 0.4) is 0 Å². The minimum Gasteiger partial charge on any atom is -0.497 e. The number of benzene rings is 3. The van der Waals surface area contributed by atoms with Crippen LogP contribution in [0.5, 0.6) is 11.6 Å². The van der Waals surface area contributed by atoms with Gasteiger partial charge in [-0.15, -0.1) is 0 Å².